The van der Waals surface area contributed by atoms with E-state index in [4.69, 9.17) is 14.2 Å². The molecule has 6 nitrogen and oxygen atoms in total. The third-order valence-corrected chi connectivity index (χ3v) is 3.86. The van der Waals surface area contributed by atoms with Gasteiger partial charge >= 0.3 is 0 Å². The summed E-state index contributed by atoms with van der Waals surface area (Å²) in [7, 11) is 1.65. The molecule has 1 aliphatic rings. The number of rotatable bonds is 7. The van der Waals surface area contributed by atoms with E-state index in [9.17, 15) is 4.79 Å². The van der Waals surface area contributed by atoms with E-state index in [1.807, 2.05) is 30.3 Å². The van der Waals surface area contributed by atoms with E-state index in [1.165, 1.54) is 5.56 Å². The molecule has 132 valence electrons. The molecule has 0 bridgehead atoms. The summed E-state index contributed by atoms with van der Waals surface area (Å²) < 4.78 is 16.1. The number of benzene rings is 2. The molecule has 1 heterocycles. The molecule has 0 aliphatic carbocycles. The van der Waals surface area contributed by atoms with Crippen molar-refractivity contribution in [3.05, 3.63) is 48.0 Å². The fourth-order valence-corrected chi connectivity index (χ4v) is 2.55. The third-order valence-electron chi connectivity index (χ3n) is 3.86. The van der Waals surface area contributed by atoms with Gasteiger partial charge in [0.05, 0.1) is 13.7 Å². The largest absolute Gasteiger partial charge is 0.497 e. The fraction of sp³-hybridized carbons (Fsp3) is 0.316. The predicted molar refractivity (Wildman–Crippen MR) is 95.6 cm³/mol. The second-order valence-electron chi connectivity index (χ2n) is 5.68. The zero-order valence-electron chi connectivity index (χ0n) is 14.2. The van der Waals surface area contributed by atoms with Gasteiger partial charge in [-0.15, -0.1) is 0 Å². The minimum Gasteiger partial charge on any atom is -0.497 e. The fourth-order valence-electron chi connectivity index (χ4n) is 2.55. The van der Waals surface area contributed by atoms with E-state index in [-0.39, 0.29) is 12.5 Å². The van der Waals surface area contributed by atoms with E-state index in [0.29, 0.717) is 30.4 Å². The quantitative estimate of drug-likeness (QED) is 0.755. The molecule has 0 spiro atoms. The molecule has 1 aliphatic heterocycles. The van der Waals surface area contributed by atoms with Gasteiger partial charge in [-0.3, -0.25) is 4.79 Å². The van der Waals surface area contributed by atoms with Crippen LogP contribution in [0.2, 0.25) is 0 Å². The average molecular weight is 342 g/mol. The highest BCUT2D eigenvalue weighted by Gasteiger charge is 2.12. The van der Waals surface area contributed by atoms with Gasteiger partial charge in [0.25, 0.3) is 0 Å². The van der Waals surface area contributed by atoms with Crippen LogP contribution in [0.25, 0.3) is 0 Å². The van der Waals surface area contributed by atoms with Gasteiger partial charge in [0.1, 0.15) is 19.0 Å². The second-order valence-corrected chi connectivity index (χ2v) is 5.68. The number of nitrogens with one attached hydrogen (secondary N) is 2. The highest BCUT2D eigenvalue weighted by Crippen LogP contribution is 2.32. The summed E-state index contributed by atoms with van der Waals surface area (Å²) in [5.74, 6) is 2.13. The van der Waals surface area contributed by atoms with Crippen LogP contribution < -0.4 is 24.8 Å². The number of methoxy groups -OCH3 is 1. The van der Waals surface area contributed by atoms with Crippen LogP contribution in [-0.2, 0) is 11.2 Å². The van der Waals surface area contributed by atoms with Crippen molar-refractivity contribution < 1.29 is 19.0 Å². The highest BCUT2D eigenvalue weighted by atomic mass is 16.6. The number of carbonyl (C=O) groups is 1. The number of ether oxygens (including phenoxy) is 3. The van der Waals surface area contributed by atoms with Crippen molar-refractivity contribution in [2.24, 2.45) is 0 Å². The Morgan fingerprint density at radius 3 is 2.60 bits per heavy atom. The molecular formula is C19H22N2O4. The van der Waals surface area contributed by atoms with Crippen molar-refractivity contribution >= 4 is 11.6 Å². The molecular weight excluding hydrogens is 320 g/mol. The summed E-state index contributed by atoms with van der Waals surface area (Å²) in [6, 6.07) is 13.3. The standard InChI is InChI=1S/C19H22N2O4/c1-23-16-5-2-14(3-6-16)8-9-20-13-19(22)21-15-4-7-17-18(12-15)25-11-10-24-17/h2-7,12,20H,8-11,13H2,1H3,(H,21,22). The Kier molecular flexibility index (Phi) is 5.74. The van der Waals surface area contributed by atoms with Crippen LogP contribution in [-0.4, -0.2) is 39.3 Å². The summed E-state index contributed by atoms with van der Waals surface area (Å²) in [5, 5.41) is 6.00. The van der Waals surface area contributed by atoms with Gasteiger partial charge in [-0.1, -0.05) is 12.1 Å². The summed E-state index contributed by atoms with van der Waals surface area (Å²) >= 11 is 0. The molecule has 6 heteroatoms. The maximum Gasteiger partial charge on any atom is 0.238 e. The first-order valence-electron chi connectivity index (χ1n) is 8.28. The smallest absolute Gasteiger partial charge is 0.238 e. The van der Waals surface area contributed by atoms with E-state index in [2.05, 4.69) is 10.6 Å². The van der Waals surface area contributed by atoms with Gasteiger partial charge in [-0.25, -0.2) is 0 Å². The highest BCUT2D eigenvalue weighted by molar-refractivity contribution is 5.92. The van der Waals surface area contributed by atoms with Crippen LogP contribution in [0, 0.1) is 0 Å². The van der Waals surface area contributed by atoms with Crippen molar-refractivity contribution in [1.29, 1.82) is 0 Å². The zero-order chi connectivity index (χ0) is 17.5. The number of amides is 1. The van der Waals surface area contributed by atoms with Crippen molar-refractivity contribution in [2.75, 3.05) is 38.7 Å². The van der Waals surface area contributed by atoms with Crippen molar-refractivity contribution in [3.63, 3.8) is 0 Å². The van der Waals surface area contributed by atoms with E-state index < -0.39 is 0 Å². The van der Waals surface area contributed by atoms with Gasteiger partial charge in [-0.05, 0) is 42.8 Å². The molecule has 0 saturated heterocycles. The summed E-state index contributed by atoms with van der Waals surface area (Å²) in [6.07, 6.45) is 0.849. The first kappa shape index (κ1) is 17.1. The van der Waals surface area contributed by atoms with E-state index in [1.54, 1.807) is 19.2 Å². The first-order valence-corrected chi connectivity index (χ1v) is 8.28. The normalized spacial score (nSPS) is 12.5. The van der Waals surface area contributed by atoms with E-state index in [0.717, 1.165) is 18.7 Å². The molecule has 0 saturated carbocycles. The van der Waals surface area contributed by atoms with Crippen LogP contribution in [0.5, 0.6) is 17.2 Å². The van der Waals surface area contributed by atoms with Gasteiger partial charge in [0.2, 0.25) is 5.91 Å². The van der Waals surface area contributed by atoms with Gasteiger partial charge in [-0.2, -0.15) is 0 Å². The zero-order valence-corrected chi connectivity index (χ0v) is 14.2. The Morgan fingerprint density at radius 1 is 1.08 bits per heavy atom. The summed E-state index contributed by atoms with van der Waals surface area (Å²) in [4.78, 5) is 12.0. The lowest BCUT2D eigenvalue weighted by Gasteiger charge is -2.19. The minimum absolute atomic E-state index is 0.0913. The maximum absolute atomic E-state index is 12.0. The lowest BCUT2D eigenvalue weighted by molar-refractivity contribution is -0.115. The van der Waals surface area contributed by atoms with Crippen LogP contribution in [0.3, 0.4) is 0 Å². The van der Waals surface area contributed by atoms with Crippen molar-refractivity contribution in [1.82, 2.24) is 5.32 Å². The molecule has 0 aromatic heterocycles. The molecule has 2 aromatic rings. The number of hydrogen-bond donors (Lipinski definition) is 2. The molecule has 0 fully saturated rings. The van der Waals surface area contributed by atoms with Gasteiger partial charge < -0.3 is 24.8 Å². The Hall–Kier alpha value is -2.73. The monoisotopic (exact) mass is 342 g/mol. The molecule has 25 heavy (non-hydrogen) atoms. The number of carbonyl (C=O) groups excluding carboxylic acids is 1. The number of fused-ring (bicyclic) bond motifs is 1. The molecule has 0 atom stereocenters. The maximum atomic E-state index is 12.0. The van der Waals surface area contributed by atoms with E-state index >= 15 is 0 Å². The van der Waals surface area contributed by atoms with Gasteiger partial charge in [0.15, 0.2) is 11.5 Å². The van der Waals surface area contributed by atoms with Crippen LogP contribution >= 0.6 is 0 Å². The molecule has 3 rings (SSSR count). The van der Waals surface area contributed by atoms with Crippen LogP contribution in [0.15, 0.2) is 42.5 Å². The third kappa shape index (κ3) is 4.87. The SMILES string of the molecule is COc1ccc(CCNCC(=O)Nc2ccc3c(c2)OCCO3)cc1. The minimum atomic E-state index is -0.0913. The number of anilines is 1. The average Bonchev–Trinajstić information content (AvgIpc) is 2.65. The first-order chi connectivity index (χ1) is 12.2. The predicted octanol–water partition coefficient (Wildman–Crippen LogP) is 2.24. The molecule has 1 amide bonds. The number of hydrogen-bond acceptors (Lipinski definition) is 5. The van der Waals surface area contributed by atoms with Gasteiger partial charge in [0, 0.05) is 11.8 Å². The Labute approximate surface area is 147 Å². The van der Waals surface area contributed by atoms with Crippen molar-refractivity contribution in [2.45, 2.75) is 6.42 Å². The summed E-state index contributed by atoms with van der Waals surface area (Å²) in [6.45, 7) is 2.06. The molecule has 2 N–H and O–H groups in total. The Balaban J connectivity index is 1.40. The van der Waals surface area contributed by atoms with Crippen molar-refractivity contribution in [3.8, 4) is 17.2 Å². The topological polar surface area (TPSA) is 68.8 Å². The Morgan fingerprint density at radius 2 is 1.84 bits per heavy atom. The lowest BCUT2D eigenvalue weighted by Crippen LogP contribution is -2.29. The molecule has 0 unspecified atom stereocenters. The Bertz CT molecular complexity index is 716. The molecule has 2 aromatic carbocycles. The second kappa shape index (κ2) is 8.39. The van der Waals surface area contributed by atoms with Crippen LogP contribution in [0.4, 0.5) is 5.69 Å². The van der Waals surface area contributed by atoms with Crippen LogP contribution in [0.1, 0.15) is 5.56 Å². The molecule has 0 radical (unpaired) electrons. The summed E-state index contributed by atoms with van der Waals surface area (Å²) in [5.41, 5.74) is 1.90. The lowest BCUT2D eigenvalue weighted by atomic mass is 10.1.